The fraction of sp³-hybridized carbons (Fsp3) is 0.600. The van der Waals surface area contributed by atoms with E-state index in [-0.39, 0.29) is 11.9 Å². The van der Waals surface area contributed by atoms with Crippen LogP contribution in [0.5, 0.6) is 0 Å². The molecule has 0 aliphatic heterocycles. The molecule has 0 saturated carbocycles. The van der Waals surface area contributed by atoms with Crippen molar-refractivity contribution >= 4 is 0 Å². The Balaban J connectivity index is 2.73. The Hall–Kier alpha value is -0.930. The maximum absolute atomic E-state index is 13.8. The van der Waals surface area contributed by atoms with Crippen LogP contribution in [0.25, 0.3) is 0 Å². The summed E-state index contributed by atoms with van der Waals surface area (Å²) in [6.45, 7) is 9.40. The first kappa shape index (κ1) is 15.1. The first-order chi connectivity index (χ1) is 8.62. The molecule has 1 rings (SSSR count). The molecule has 0 fully saturated rings. The second-order valence-corrected chi connectivity index (χ2v) is 4.68. The fourth-order valence-electron chi connectivity index (χ4n) is 2.24. The zero-order chi connectivity index (χ0) is 13.5. The van der Waals surface area contributed by atoms with Gasteiger partial charge in [-0.15, -0.1) is 0 Å². The van der Waals surface area contributed by atoms with Crippen molar-refractivity contribution in [3.63, 3.8) is 0 Å². The zero-order valence-corrected chi connectivity index (χ0v) is 12.0. The van der Waals surface area contributed by atoms with Crippen molar-refractivity contribution in [2.75, 3.05) is 26.7 Å². The van der Waals surface area contributed by atoms with Gasteiger partial charge in [-0.05, 0) is 46.1 Å². The van der Waals surface area contributed by atoms with E-state index in [1.54, 1.807) is 6.07 Å². The standard InChI is InChI=1S/C15H25FN2/c1-5-18(6-2)10-9-15(17-4)13-11-12(3)7-8-14(13)16/h7-8,11,15,17H,5-6,9-10H2,1-4H3. The number of halogens is 1. The summed E-state index contributed by atoms with van der Waals surface area (Å²) in [6, 6.07) is 5.41. The summed E-state index contributed by atoms with van der Waals surface area (Å²) in [4.78, 5) is 2.36. The molecule has 0 aliphatic rings. The molecule has 0 aromatic heterocycles. The number of rotatable bonds is 7. The van der Waals surface area contributed by atoms with Crippen LogP contribution in [0, 0.1) is 12.7 Å². The van der Waals surface area contributed by atoms with E-state index in [0.717, 1.165) is 37.2 Å². The molecule has 18 heavy (non-hydrogen) atoms. The first-order valence-corrected chi connectivity index (χ1v) is 6.78. The van der Waals surface area contributed by atoms with Gasteiger partial charge >= 0.3 is 0 Å². The molecule has 0 heterocycles. The normalized spacial score (nSPS) is 13.0. The summed E-state index contributed by atoms with van der Waals surface area (Å²) < 4.78 is 13.8. The minimum Gasteiger partial charge on any atom is -0.313 e. The molecule has 1 atom stereocenters. The van der Waals surface area contributed by atoms with Gasteiger partial charge in [0.25, 0.3) is 0 Å². The van der Waals surface area contributed by atoms with E-state index in [2.05, 4.69) is 24.1 Å². The summed E-state index contributed by atoms with van der Waals surface area (Å²) in [5, 5.41) is 3.22. The lowest BCUT2D eigenvalue weighted by Crippen LogP contribution is -2.28. The van der Waals surface area contributed by atoms with Crippen molar-refractivity contribution < 1.29 is 4.39 Å². The highest BCUT2D eigenvalue weighted by Gasteiger charge is 2.14. The molecule has 0 aliphatic carbocycles. The van der Waals surface area contributed by atoms with Crippen LogP contribution in [0.2, 0.25) is 0 Å². The Labute approximate surface area is 110 Å². The third-order valence-corrected chi connectivity index (χ3v) is 3.50. The molecular formula is C15H25FN2. The molecule has 102 valence electrons. The fourth-order valence-corrected chi connectivity index (χ4v) is 2.24. The number of benzene rings is 1. The van der Waals surface area contributed by atoms with Crippen LogP contribution < -0.4 is 5.32 Å². The van der Waals surface area contributed by atoms with Crippen LogP contribution in [0.15, 0.2) is 18.2 Å². The van der Waals surface area contributed by atoms with Crippen LogP contribution in [0.3, 0.4) is 0 Å². The highest BCUT2D eigenvalue weighted by atomic mass is 19.1. The predicted molar refractivity (Wildman–Crippen MR) is 75.3 cm³/mol. The second kappa shape index (κ2) is 7.49. The Kier molecular flexibility index (Phi) is 6.30. The van der Waals surface area contributed by atoms with Crippen molar-refractivity contribution in [3.8, 4) is 0 Å². The number of aryl methyl sites for hydroxylation is 1. The summed E-state index contributed by atoms with van der Waals surface area (Å²) in [5.41, 5.74) is 1.89. The van der Waals surface area contributed by atoms with Gasteiger partial charge in [0.2, 0.25) is 0 Å². The van der Waals surface area contributed by atoms with Gasteiger partial charge in [-0.2, -0.15) is 0 Å². The van der Waals surface area contributed by atoms with Gasteiger partial charge in [-0.1, -0.05) is 31.5 Å². The highest BCUT2D eigenvalue weighted by Crippen LogP contribution is 2.21. The van der Waals surface area contributed by atoms with Gasteiger partial charge in [-0.3, -0.25) is 0 Å². The lowest BCUT2D eigenvalue weighted by Gasteiger charge is -2.23. The molecule has 1 aromatic carbocycles. The summed E-state index contributed by atoms with van der Waals surface area (Å²) in [5.74, 6) is -0.112. The SMILES string of the molecule is CCN(CC)CCC(NC)c1cc(C)ccc1F. The Bertz CT molecular complexity index is 362. The van der Waals surface area contributed by atoms with Crippen molar-refractivity contribution in [3.05, 3.63) is 35.1 Å². The molecule has 0 radical (unpaired) electrons. The summed E-state index contributed by atoms with van der Waals surface area (Å²) in [7, 11) is 1.90. The maximum Gasteiger partial charge on any atom is 0.127 e. The zero-order valence-electron chi connectivity index (χ0n) is 12.0. The van der Waals surface area contributed by atoms with E-state index in [1.165, 1.54) is 0 Å². The van der Waals surface area contributed by atoms with E-state index in [0.29, 0.717) is 0 Å². The van der Waals surface area contributed by atoms with Gasteiger partial charge in [0, 0.05) is 11.6 Å². The van der Waals surface area contributed by atoms with Crippen molar-refractivity contribution in [2.24, 2.45) is 0 Å². The highest BCUT2D eigenvalue weighted by molar-refractivity contribution is 5.26. The van der Waals surface area contributed by atoms with E-state index in [4.69, 9.17) is 0 Å². The molecule has 0 spiro atoms. The first-order valence-electron chi connectivity index (χ1n) is 6.78. The van der Waals surface area contributed by atoms with E-state index in [9.17, 15) is 4.39 Å². The van der Waals surface area contributed by atoms with Crippen LogP contribution in [-0.2, 0) is 0 Å². The van der Waals surface area contributed by atoms with Gasteiger partial charge in [0.05, 0.1) is 0 Å². The van der Waals surface area contributed by atoms with E-state index >= 15 is 0 Å². The third-order valence-electron chi connectivity index (χ3n) is 3.50. The lowest BCUT2D eigenvalue weighted by atomic mass is 10.0. The minimum absolute atomic E-state index is 0.0884. The van der Waals surface area contributed by atoms with Gasteiger partial charge in [0.15, 0.2) is 0 Å². The van der Waals surface area contributed by atoms with Crippen LogP contribution in [0.4, 0.5) is 4.39 Å². The molecule has 1 unspecified atom stereocenters. The van der Waals surface area contributed by atoms with Crippen molar-refractivity contribution in [2.45, 2.75) is 33.2 Å². The molecular weight excluding hydrogens is 227 g/mol. The second-order valence-electron chi connectivity index (χ2n) is 4.68. The number of hydrogen-bond donors (Lipinski definition) is 1. The maximum atomic E-state index is 13.8. The largest absolute Gasteiger partial charge is 0.313 e. The molecule has 0 amide bonds. The molecule has 1 aromatic rings. The average Bonchev–Trinajstić information content (AvgIpc) is 2.38. The monoisotopic (exact) mass is 252 g/mol. The third kappa shape index (κ3) is 4.07. The topological polar surface area (TPSA) is 15.3 Å². The van der Waals surface area contributed by atoms with Gasteiger partial charge in [0.1, 0.15) is 5.82 Å². The van der Waals surface area contributed by atoms with Gasteiger partial charge < -0.3 is 10.2 Å². The molecule has 0 saturated heterocycles. The Morgan fingerprint density at radius 3 is 2.50 bits per heavy atom. The quantitative estimate of drug-likeness (QED) is 0.802. The van der Waals surface area contributed by atoms with Crippen molar-refractivity contribution in [1.82, 2.24) is 10.2 Å². The average molecular weight is 252 g/mol. The number of nitrogens with zero attached hydrogens (tertiary/aromatic N) is 1. The molecule has 1 N–H and O–H groups in total. The molecule has 3 heteroatoms. The minimum atomic E-state index is -0.112. The van der Waals surface area contributed by atoms with Gasteiger partial charge in [-0.25, -0.2) is 4.39 Å². The summed E-state index contributed by atoms with van der Waals surface area (Å²) >= 11 is 0. The van der Waals surface area contributed by atoms with E-state index in [1.807, 2.05) is 26.1 Å². The van der Waals surface area contributed by atoms with Crippen LogP contribution >= 0.6 is 0 Å². The van der Waals surface area contributed by atoms with Crippen LogP contribution in [-0.4, -0.2) is 31.6 Å². The smallest absolute Gasteiger partial charge is 0.127 e. The number of nitrogens with one attached hydrogen (secondary N) is 1. The molecule has 0 bridgehead atoms. The lowest BCUT2D eigenvalue weighted by molar-refractivity contribution is 0.283. The van der Waals surface area contributed by atoms with Crippen molar-refractivity contribution in [1.29, 1.82) is 0 Å². The predicted octanol–water partition coefficient (Wildman–Crippen LogP) is 3.13. The van der Waals surface area contributed by atoms with E-state index < -0.39 is 0 Å². The summed E-state index contributed by atoms with van der Waals surface area (Å²) in [6.07, 6.45) is 0.929. The molecule has 2 nitrogen and oxygen atoms in total. The Morgan fingerprint density at radius 1 is 1.28 bits per heavy atom. The Morgan fingerprint density at radius 2 is 1.94 bits per heavy atom. The number of hydrogen-bond acceptors (Lipinski definition) is 2. The van der Waals surface area contributed by atoms with Crippen LogP contribution in [0.1, 0.15) is 37.4 Å².